The largest absolute Gasteiger partial charge is 0.355 e. The van der Waals surface area contributed by atoms with Crippen LogP contribution in [0.4, 0.5) is 0 Å². The van der Waals surface area contributed by atoms with Crippen LogP contribution in [0.2, 0.25) is 0 Å². The van der Waals surface area contributed by atoms with Crippen molar-refractivity contribution in [2.75, 3.05) is 6.54 Å². The molecule has 0 aliphatic carbocycles. The van der Waals surface area contributed by atoms with Crippen molar-refractivity contribution in [3.63, 3.8) is 0 Å². The normalized spacial score (nSPS) is 12.2. The summed E-state index contributed by atoms with van der Waals surface area (Å²) in [6.07, 6.45) is 2.97. The molecular weight excluding hydrogens is 406 g/mol. The number of nitrogens with one attached hydrogen (secondary N) is 2. The number of aromatic amines is 1. The number of H-pyrrole nitrogens is 1. The van der Waals surface area contributed by atoms with Crippen molar-refractivity contribution in [3.05, 3.63) is 75.3 Å². The van der Waals surface area contributed by atoms with Crippen LogP contribution >= 0.6 is 12.2 Å². The number of para-hydroxylation sites is 1. The molecule has 6 heteroatoms. The highest BCUT2D eigenvalue weighted by Gasteiger charge is 2.16. The Balaban J connectivity index is 1.44. The maximum atomic E-state index is 12.7. The predicted molar refractivity (Wildman–Crippen MR) is 129 cm³/mol. The zero-order chi connectivity index (χ0) is 22.2. The molecule has 2 aromatic carbocycles. The third-order valence-electron chi connectivity index (χ3n) is 5.73. The van der Waals surface area contributed by atoms with E-state index in [-0.39, 0.29) is 11.5 Å². The van der Waals surface area contributed by atoms with Gasteiger partial charge in [-0.15, -0.1) is 0 Å². The number of carbonyl (C=O) groups is 1. The Morgan fingerprint density at radius 3 is 2.48 bits per heavy atom. The van der Waals surface area contributed by atoms with Crippen LogP contribution in [0.3, 0.4) is 0 Å². The van der Waals surface area contributed by atoms with Crippen LogP contribution in [0.25, 0.3) is 10.9 Å². The number of hydrogen-bond acceptors (Lipinski definition) is 3. The van der Waals surface area contributed by atoms with Gasteiger partial charge in [0, 0.05) is 25.4 Å². The van der Waals surface area contributed by atoms with Gasteiger partial charge in [0.2, 0.25) is 5.91 Å². The standard InChI is InChI=1S/C25H31N3O2S/c1-18(2)21(19-11-5-3-6-12-19)17-26-23(29)15-7-4-10-16-28-24(30)20-13-8-9-14-22(20)27-25(28)31/h3,5-6,8-9,11-14,18,21H,4,7,10,15-17H2,1-2H3,(H,26,29)(H,27,31). The topological polar surface area (TPSA) is 66.9 Å². The molecule has 2 N–H and O–H groups in total. The Hall–Kier alpha value is -2.73. The number of benzene rings is 2. The van der Waals surface area contributed by atoms with Crippen LogP contribution in [0.1, 0.15) is 51.0 Å². The lowest BCUT2D eigenvalue weighted by molar-refractivity contribution is -0.121. The summed E-state index contributed by atoms with van der Waals surface area (Å²) in [4.78, 5) is 28.1. The molecule has 0 aliphatic heterocycles. The van der Waals surface area contributed by atoms with Gasteiger partial charge in [-0.05, 0) is 48.7 Å². The minimum Gasteiger partial charge on any atom is -0.355 e. The van der Waals surface area contributed by atoms with Crippen LogP contribution in [-0.2, 0) is 11.3 Å². The summed E-state index contributed by atoms with van der Waals surface area (Å²) in [6.45, 7) is 5.58. The molecule has 3 rings (SSSR count). The number of hydrogen-bond donors (Lipinski definition) is 2. The second-order valence-electron chi connectivity index (χ2n) is 8.31. The Morgan fingerprint density at radius 2 is 1.74 bits per heavy atom. The fraction of sp³-hybridized carbons (Fsp3) is 0.400. The van der Waals surface area contributed by atoms with Crippen LogP contribution in [-0.4, -0.2) is 22.0 Å². The molecule has 1 atom stereocenters. The molecule has 3 aromatic rings. The summed E-state index contributed by atoms with van der Waals surface area (Å²) in [7, 11) is 0. The lowest BCUT2D eigenvalue weighted by Gasteiger charge is -2.22. The summed E-state index contributed by atoms with van der Waals surface area (Å²) >= 11 is 5.35. The van der Waals surface area contributed by atoms with Gasteiger partial charge in [-0.25, -0.2) is 0 Å². The molecule has 1 aromatic heterocycles. The Labute approximate surface area is 188 Å². The van der Waals surface area contributed by atoms with E-state index in [9.17, 15) is 9.59 Å². The first-order valence-electron chi connectivity index (χ1n) is 11.0. The molecule has 0 bridgehead atoms. The number of aromatic nitrogens is 2. The summed E-state index contributed by atoms with van der Waals surface area (Å²) in [5, 5.41) is 3.74. The van der Waals surface area contributed by atoms with Crippen LogP contribution in [0.5, 0.6) is 0 Å². The smallest absolute Gasteiger partial charge is 0.262 e. The molecule has 0 saturated carbocycles. The Bertz CT molecular complexity index is 1120. The molecular formula is C25H31N3O2S. The third kappa shape index (κ3) is 6.14. The lowest BCUT2D eigenvalue weighted by atomic mass is 9.88. The molecule has 164 valence electrons. The number of rotatable bonds is 10. The maximum Gasteiger partial charge on any atom is 0.262 e. The van der Waals surface area contributed by atoms with Crippen molar-refractivity contribution >= 4 is 29.0 Å². The zero-order valence-corrected chi connectivity index (χ0v) is 19.1. The lowest BCUT2D eigenvalue weighted by Crippen LogP contribution is -2.30. The van der Waals surface area contributed by atoms with Gasteiger partial charge in [0.05, 0.1) is 10.9 Å². The molecule has 1 heterocycles. The average molecular weight is 438 g/mol. The zero-order valence-electron chi connectivity index (χ0n) is 18.3. The Morgan fingerprint density at radius 1 is 1.03 bits per heavy atom. The van der Waals surface area contributed by atoms with E-state index in [1.165, 1.54) is 5.56 Å². The fourth-order valence-corrected chi connectivity index (χ4v) is 4.17. The minimum absolute atomic E-state index is 0.0577. The molecule has 31 heavy (non-hydrogen) atoms. The van der Waals surface area contributed by atoms with Gasteiger partial charge in [-0.2, -0.15) is 0 Å². The summed E-state index contributed by atoms with van der Waals surface area (Å²) in [6, 6.07) is 17.7. The van der Waals surface area contributed by atoms with Crippen molar-refractivity contribution in [1.29, 1.82) is 0 Å². The van der Waals surface area contributed by atoms with Crippen LogP contribution in [0, 0.1) is 10.7 Å². The third-order valence-corrected chi connectivity index (χ3v) is 6.05. The molecule has 5 nitrogen and oxygen atoms in total. The van der Waals surface area contributed by atoms with E-state index in [0.29, 0.717) is 41.5 Å². The van der Waals surface area contributed by atoms with Gasteiger partial charge < -0.3 is 10.3 Å². The van der Waals surface area contributed by atoms with E-state index in [4.69, 9.17) is 12.2 Å². The van der Waals surface area contributed by atoms with Crippen molar-refractivity contribution in [2.45, 2.75) is 52.0 Å². The predicted octanol–water partition coefficient (Wildman–Crippen LogP) is 5.18. The average Bonchev–Trinajstić information content (AvgIpc) is 2.76. The van der Waals surface area contributed by atoms with E-state index >= 15 is 0 Å². The number of carbonyl (C=O) groups excluding carboxylic acids is 1. The molecule has 1 unspecified atom stereocenters. The van der Waals surface area contributed by atoms with E-state index in [0.717, 1.165) is 24.8 Å². The molecule has 0 spiro atoms. The molecule has 0 aliphatic rings. The first-order valence-corrected chi connectivity index (χ1v) is 11.4. The highest BCUT2D eigenvalue weighted by Crippen LogP contribution is 2.23. The van der Waals surface area contributed by atoms with Crippen LogP contribution < -0.4 is 10.9 Å². The summed E-state index contributed by atoms with van der Waals surface area (Å²) < 4.78 is 2.06. The summed E-state index contributed by atoms with van der Waals surface area (Å²) in [5.41, 5.74) is 1.97. The van der Waals surface area contributed by atoms with E-state index in [1.807, 2.05) is 42.5 Å². The van der Waals surface area contributed by atoms with Crippen molar-refractivity contribution in [2.24, 2.45) is 5.92 Å². The van der Waals surface area contributed by atoms with E-state index < -0.39 is 0 Å². The minimum atomic E-state index is -0.0577. The van der Waals surface area contributed by atoms with Gasteiger partial charge in [0.1, 0.15) is 0 Å². The summed E-state index contributed by atoms with van der Waals surface area (Å²) in [5.74, 6) is 0.848. The first kappa shape index (κ1) is 22.9. The maximum absolute atomic E-state index is 12.7. The molecule has 0 fully saturated rings. The van der Waals surface area contributed by atoms with Gasteiger partial charge in [0.15, 0.2) is 4.77 Å². The quantitative estimate of drug-likeness (QED) is 0.339. The molecule has 0 radical (unpaired) electrons. The van der Waals surface area contributed by atoms with Gasteiger partial charge in [-0.1, -0.05) is 62.7 Å². The van der Waals surface area contributed by atoms with Crippen molar-refractivity contribution in [3.8, 4) is 0 Å². The number of amides is 1. The molecule has 0 saturated heterocycles. The van der Waals surface area contributed by atoms with Crippen LogP contribution in [0.15, 0.2) is 59.4 Å². The second-order valence-corrected chi connectivity index (χ2v) is 8.70. The van der Waals surface area contributed by atoms with Crippen molar-refractivity contribution in [1.82, 2.24) is 14.9 Å². The highest BCUT2D eigenvalue weighted by molar-refractivity contribution is 7.71. The second kappa shape index (κ2) is 11.0. The van der Waals surface area contributed by atoms with Crippen molar-refractivity contribution < 1.29 is 4.79 Å². The number of nitrogens with zero attached hydrogens (tertiary/aromatic N) is 1. The first-order chi connectivity index (χ1) is 15.0. The Kier molecular flexibility index (Phi) is 8.18. The monoisotopic (exact) mass is 437 g/mol. The van der Waals surface area contributed by atoms with Gasteiger partial charge in [-0.3, -0.25) is 14.2 Å². The highest BCUT2D eigenvalue weighted by atomic mass is 32.1. The number of fused-ring (bicyclic) bond motifs is 1. The van der Waals surface area contributed by atoms with E-state index in [2.05, 4.69) is 36.3 Å². The van der Waals surface area contributed by atoms with Gasteiger partial charge >= 0.3 is 0 Å². The number of unbranched alkanes of at least 4 members (excludes halogenated alkanes) is 2. The fourth-order valence-electron chi connectivity index (χ4n) is 3.89. The van der Waals surface area contributed by atoms with E-state index in [1.54, 1.807) is 4.57 Å². The SMILES string of the molecule is CC(C)C(CNC(=O)CCCCCn1c(=S)[nH]c2ccccc2c1=O)c1ccccc1. The van der Waals surface area contributed by atoms with Gasteiger partial charge in [0.25, 0.3) is 5.56 Å². The molecule has 1 amide bonds.